The van der Waals surface area contributed by atoms with Gasteiger partial charge in [0.2, 0.25) is 0 Å². The van der Waals surface area contributed by atoms with Crippen LogP contribution in [-0.4, -0.2) is 4.98 Å². The number of hydrogen-bond acceptors (Lipinski definition) is 3. The van der Waals surface area contributed by atoms with Crippen molar-refractivity contribution in [3.63, 3.8) is 0 Å². The lowest BCUT2D eigenvalue weighted by Crippen LogP contribution is -1.79. The maximum atomic E-state index is 4.39. The van der Waals surface area contributed by atoms with E-state index >= 15 is 0 Å². The van der Waals surface area contributed by atoms with Crippen molar-refractivity contribution in [2.75, 3.05) is 0 Å². The lowest BCUT2D eigenvalue weighted by atomic mass is 10.1. The molecular formula is C14H11NS2. The van der Waals surface area contributed by atoms with Gasteiger partial charge in [0.25, 0.3) is 0 Å². The lowest BCUT2D eigenvalue weighted by Gasteiger charge is -2.02. The normalized spacial score (nSPS) is 10.9. The quantitative estimate of drug-likeness (QED) is 0.630. The maximum Gasteiger partial charge on any atom is 0.124 e. The molecular weight excluding hydrogens is 246 g/mol. The van der Waals surface area contributed by atoms with Gasteiger partial charge in [-0.1, -0.05) is 35.9 Å². The highest BCUT2D eigenvalue weighted by Crippen LogP contribution is 2.28. The van der Waals surface area contributed by atoms with Gasteiger partial charge in [-0.25, -0.2) is 4.98 Å². The Morgan fingerprint density at radius 2 is 1.82 bits per heavy atom. The number of aromatic nitrogens is 1. The molecule has 2 aromatic carbocycles. The van der Waals surface area contributed by atoms with Gasteiger partial charge in [0.1, 0.15) is 10.0 Å². The second-order valence-corrected chi connectivity index (χ2v) is 5.39. The summed E-state index contributed by atoms with van der Waals surface area (Å²) in [6.07, 6.45) is 0. The molecule has 0 unspecified atom stereocenters. The molecule has 84 valence electrons. The summed E-state index contributed by atoms with van der Waals surface area (Å²) in [4.78, 5) is 4.39. The van der Waals surface area contributed by atoms with Crippen LogP contribution in [-0.2, 0) is 0 Å². The van der Waals surface area contributed by atoms with Gasteiger partial charge in [0.05, 0.1) is 0 Å². The first-order valence-electron chi connectivity index (χ1n) is 5.38. The Bertz CT molecular complexity index is 686. The van der Waals surface area contributed by atoms with Gasteiger partial charge in [-0.2, -0.15) is 0 Å². The lowest BCUT2D eigenvalue weighted by molar-refractivity contribution is 1.22. The number of benzene rings is 2. The first-order valence-corrected chi connectivity index (χ1v) is 6.70. The van der Waals surface area contributed by atoms with Gasteiger partial charge in [0, 0.05) is 10.9 Å². The van der Waals surface area contributed by atoms with Gasteiger partial charge in [-0.3, -0.25) is 0 Å². The third-order valence-corrected chi connectivity index (χ3v) is 4.03. The molecule has 0 aliphatic heterocycles. The molecule has 0 bridgehead atoms. The predicted molar refractivity (Wildman–Crippen MR) is 77.0 cm³/mol. The van der Waals surface area contributed by atoms with Gasteiger partial charge in [-0.05, 0) is 23.8 Å². The summed E-state index contributed by atoms with van der Waals surface area (Å²) in [6.45, 7) is 2.11. The van der Waals surface area contributed by atoms with Crippen molar-refractivity contribution in [2.24, 2.45) is 0 Å². The number of thiazole rings is 1. The average Bonchev–Trinajstić information content (AvgIpc) is 2.75. The van der Waals surface area contributed by atoms with Crippen molar-refractivity contribution in [1.82, 2.24) is 4.98 Å². The number of aryl methyl sites for hydroxylation is 1. The van der Waals surface area contributed by atoms with Gasteiger partial charge in [0.15, 0.2) is 0 Å². The Hall–Kier alpha value is -1.32. The fraction of sp³-hybridized carbons (Fsp3) is 0.0714. The van der Waals surface area contributed by atoms with Crippen molar-refractivity contribution >= 4 is 34.7 Å². The fourth-order valence-corrected chi connectivity index (χ4v) is 2.91. The molecule has 1 heterocycles. The first kappa shape index (κ1) is 10.8. The molecule has 3 rings (SSSR count). The van der Waals surface area contributed by atoms with Crippen LogP contribution in [0.5, 0.6) is 0 Å². The van der Waals surface area contributed by atoms with E-state index in [2.05, 4.69) is 60.9 Å². The van der Waals surface area contributed by atoms with E-state index in [1.165, 1.54) is 16.3 Å². The Morgan fingerprint density at radius 3 is 2.59 bits per heavy atom. The number of fused-ring (bicyclic) bond motifs is 1. The Morgan fingerprint density at radius 1 is 1.06 bits per heavy atom. The molecule has 0 fully saturated rings. The molecule has 3 heteroatoms. The molecule has 17 heavy (non-hydrogen) atoms. The topological polar surface area (TPSA) is 12.9 Å². The van der Waals surface area contributed by atoms with E-state index in [4.69, 9.17) is 0 Å². The van der Waals surface area contributed by atoms with Crippen molar-refractivity contribution in [3.8, 4) is 10.6 Å². The van der Waals surface area contributed by atoms with Gasteiger partial charge < -0.3 is 0 Å². The van der Waals surface area contributed by atoms with E-state index in [0.29, 0.717) is 0 Å². The SMILES string of the molecule is Cc1ccc2cc(-c3nc(S)cs3)ccc2c1. The molecule has 1 aromatic heterocycles. The molecule has 0 aliphatic carbocycles. The zero-order chi connectivity index (χ0) is 11.8. The minimum Gasteiger partial charge on any atom is -0.230 e. The van der Waals surface area contributed by atoms with Crippen LogP contribution in [0.2, 0.25) is 0 Å². The van der Waals surface area contributed by atoms with Crippen molar-refractivity contribution in [3.05, 3.63) is 47.3 Å². The second-order valence-electron chi connectivity index (χ2n) is 4.08. The van der Waals surface area contributed by atoms with Gasteiger partial charge >= 0.3 is 0 Å². The minimum absolute atomic E-state index is 0.786. The zero-order valence-electron chi connectivity index (χ0n) is 9.34. The van der Waals surface area contributed by atoms with Crippen molar-refractivity contribution < 1.29 is 0 Å². The highest BCUT2D eigenvalue weighted by atomic mass is 32.1. The second kappa shape index (κ2) is 4.17. The Labute approximate surface area is 110 Å². The first-order chi connectivity index (χ1) is 8.22. The standard InChI is InChI=1S/C14H11NS2/c1-9-2-3-11-7-12(5-4-10(11)6-9)14-15-13(16)8-17-14/h2-8,16H,1H3. The zero-order valence-corrected chi connectivity index (χ0v) is 11.1. The number of nitrogens with zero attached hydrogens (tertiary/aromatic N) is 1. The van der Waals surface area contributed by atoms with Crippen molar-refractivity contribution in [2.45, 2.75) is 11.9 Å². The van der Waals surface area contributed by atoms with E-state index < -0.39 is 0 Å². The Kier molecular flexibility index (Phi) is 2.65. The van der Waals surface area contributed by atoms with Gasteiger partial charge in [-0.15, -0.1) is 24.0 Å². The van der Waals surface area contributed by atoms with E-state index in [-0.39, 0.29) is 0 Å². The number of hydrogen-bond donors (Lipinski definition) is 1. The average molecular weight is 257 g/mol. The molecule has 0 radical (unpaired) electrons. The van der Waals surface area contributed by atoms with Crippen LogP contribution in [0.3, 0.4) is 0 Å². The molecule has 0 amide bonds. The highest BCUT2D eigenvalue weighted by Gasteiger charge is 2.03. The third-order valence-electron chi connectivity index (χ3n) is 2.73. The smallest absolute Gasteiger partial charge is 0.124 e. The van der Waals surface area contributed by atoms with Crippen LogP contribution in [0, 0.1) is 6.92 Å². The Balaban J connectivity index is 2.16. The van der Waals surface area contributed by atoms with E-state index in [0.717, 1.165) is 15.6 Å². The highest BCUT2D eigenvalue weighted by molar-refractivity contribution is 7.80. The van der Waals surface area contributed by atoms with Crippen LogP contribution in [0.4, 0.5) is 0 Å². The molecule has 0 spiro atoms. The summed E-state index contributed by atoms with van der Waals surface area (Å²) >= 11 is 5.87. The minimum atomic E-state index is 0.786. The van der Waals surface area contributed by atoms with E-state index in [1.807, 2.05) is 5.38 Å². The summed E-state index contributed by atoms with van der Waals surface area (Å²) in [5.41, 5.74) is 2.45. The van der Waals surface area contributed by atoms with Crippen LogP contribution < -0.4 is 0 Å². The summed E-state index contributed by atoms with van der Waals surface area (Å²) in [5, 5.41) is 6.30. The predicted octanol–water partition coefficient (Wildman–Crippen LogP) is 4.56. The molecule has 0 N–H and O–H groups in total. The fourth-order valence-electron chi connectivity index (χ4n) is 1.90. The molecule has 0 saturated carbocycles. The van der Waals surface area contributed by atoms with Crippen molar-refractivity contribution in [1.29, 1.82) is 0 Å². The van der Waals surface area contributed by atoms with E-state index in [1.54, 1.807) is 11.3 Å². The third kappa shape index (κ3) is 2.08. The molecule has 0 atom stereocenters. The van der Waals surface area contributed by atoms with Crippen LogP contribution >= 0.6 is 24.0 Å². The molecule has 0 saturated heterocycles. The summed E-state index contributed by atoms with van der Waals surface area (Å²) < 4.78 is 0. The molecule has 3 aromatic rings. The van der Waals surface area contributed by atoms with Crippen LogP contribution in [0.1, 0.15) is 5.56 Å². The van der Waals surface area contributed by atoms with Crippen LogP contribution in [0.15, 0.2) is 46.8 Å². The summed E-state index contributed by atoms with van der Waals surface area (Å²) in [6, 6.07) is 12.9. The number of thiol groups is 1. The largest absolute Gasteiger partial charge is 0.230 e. The maximum absolute atomic E-state index is 4.39. The van der Waals surface area contributed by atoms with Crippen LogP contribution in [0.25, 0.3) is 21.3 Å². The molecule has 0 aliphatic rings. The van der Waals surface area contributed by atoms with E-state index in [9.17, 15) is 0 Å². The monoisotopic (exact) mass is 257 g/mol. The number of rotatable bonds is 1. The summed E-state index contributed by atoms with van der Waals surface area (Å²) in [5.74, 6) is 0. The molecule has 1 nitrogen and oxygen atoms in total. The summed E-state index contributed by atoms with van der Waals surface area (Å²) in [7, 11) is 0.